The molecule has 7 heteroatoms. The lowest BCUT2D eigenvalue weighted by atomic mass is 10.1. The van der Waals surface area contributed by atoms with Crippen molar-refractivity contribution in [3.8, 4) is 34.4 Å². The Hall–Kier alpha value is -4.15. The lowest BCUT2D eigenvalue weighted by Gasteiger charge is -2.21. The molecule has 1 fully saturated rings. The minimum atomic E-state index is -0.0647. The molecule has 0 radical (unpaired) electrons. The van der Waals surface area contributed by atoms with E-state index in [1.54, 1.807) is 0 Å². The van der Waals surface area contributed by atoms with Crippen LogP contribution >= 0.6 is 0 Å². The number of amides is 1. The number of carbonyl (C=O) groups excluding carboxylic acids is 1. The maximum Gasteiger partial charge on any atom is 0.244 e. The van der Waals surface area contributed by atoms with Crippen molar-refractivity contribution in [2.75, 3.05) is 25.5 Å². The van der Waals surface area contributed by atoms with Crippen LogP contribution in [0.25, 0.3) is 28.3 Å². The van der Waals surface area contributed by atoms with Crippen molar-refractivity contribution in [3.05, 3.63) is 78.2 Å². The van der Waals surface area contributed by atoms with E-state index in [-0.39, 0.29) is 11.9 Å². The summed E-state index contributed by atoms with van der Waals surface area (Å²) < 4.78 is 4.34. The third-order valence-corrected chi connectivity index (χ3v) is 6.89. The Bertz CT molecular complexity index is 1450. The maximum absolute atomic E-state index is 13.0. The van der Waals surface area contributed by atoms with Crippen LogP contribution in [0.1, 0.15) is 17.5 Å². The molecule has 7 nitrogen and oxygen atoms in total. The van der Waals surface area contributed by atoms with Crippen molar-refractivity contribution in [1.29, 1.82) is 5.26 Å². The predicted molar refractivity (Wildman–Crippen MR) is 131 cm³/mol. The highest BCUT2D eigenvalue weighted by atomic mass is 16.2. The van der Waals surface area contributed by atoms with Gasteiger partial charge in [0.1, 0.15) is 0 Å². The summed E-state index contributed by atoms with van der Waals surface area (Å²) in [6.45, 7) is 1.41. The van der Waals surface area contributed by atoms with Crippen molar-refractivity contribution in [2.24, 2.45) is 0 Å². The lowest BCUT2D eigenvalue weighted by Crippen LogP contribution is -2.37. The molecule has 6 rings (SSSR count). The number of hydrogen-bond acceptors (Lipinski definition) is 4. The SMILES string of the molecule is CN(C)[C@H]1CCN(c2ccc3c(c2)Cn2cc(-c4ccc(C#N)cc4)cc2-c2nccn2-3)C1=O. The topological polar surface area (TPSA) is 70.1 Å². The van der Waals surface area contributed by atoms with Gasteiger partial charge in [0.15, 0.2) is 5.82 Å². The first-order valence-corrected chi connectivity index (χ1v) is 11.4. The quantitative estimate of drug-likeness (QED) is 0.420. The number of rotatable bonds is 3. The molecule has 0 aliphatic carbocycles. The standard InChI is InChI=1S/C27H24N6O/c1-30(2)24-9-11-32(27(24)34)22-7-8-23-21(13-22)17-31-16-20(19-5-3-18(15-28)4-6-19)14-25(31)26-29-10-12-33(23)26/h3-8,10,12-14,16,24H,9,11,17H2,1-2H3/t24-/m0/s1. The van der Waals surface area contributed by atoms with Gasteiger partial charge in [-0.2, -0.15) is 5.26 Å². The van der Waals surface area contributed by atoms with Gasteiger partial charge in [-0.3, -0.25) is 14.3 Å². The first kappa shape index (κ1) is 20.5. The Kier molecular flexibility index (Phi) is 4.64. The Morgan fingerprint density at radius 3 is 2.65 bits per heavy atom. The molecular weight excluding hydrogens is 424 g/mol. The van der Waals surface area contributed by atoms with Crippen molar-refractivity contribution >= 4 is 11.6 Å². The van der Waals surface area contributed by atoms with Gasteiger partial charge in [0.05, 0.1) is 29.1 Å². The van der Waals surface area contributed by atoms with Crippen LogP contribution in [-0.2, 0) is 11.3 Å². The van der Waals surface area contributed by atoms with Crippen LogP contribution < -0.4 is 4.90 Å². The Labute approximate surface area is 198 Å². The summed E-state index contributed by atoms with van der Waals surface area (Å²) in [6.07, 6.45) is 6.79. The molecule has 1 atom stereocenters. The van der Waals surface area contributed by atoms with Gasteiger partial charge in [0.25, 0.3) is 0 Å². The van der Waals surface area contributed by atoms with E-state index in [1.807, 2.05) is 66.6 Å². The molecule has 4 aromatic rings. The van der Waals surface area contributed by atoms with Gasteiger partial charge in [0, 0.05) is 42.9 Å². The van der Waals surface area contributed by atoms with Crippen LogP contribution in [0.3, 0.4) is 0 Å². The Morgan fingerprint density at radius 1 is 1.09 bits per heavy atom. The van der Waals surface area contributed by atoms with Crippen LogP contribution in [0.2, 0.25) is 0 Å². The van der Waals surface area contributed by atoms with Gasteiger partial charge < -0.3 is 9.47 Å². The number of carbonyl (C=O) groups is 1. The van der Waals surface area contributed by atoms with Crippen molar-refractivity contribution in [1.82, 2.24) is 19.0 Å². The minimum absolute atomic E-state index is 0.0647. The molecule has 168 valence electrons. The fourth-order valence-corrected chi connectivity index (χ4v) is 5.10. The third-order valence-electron chi connectivity index (χ3n) is 6.89. The Morgan fingerprint density at radius 2 is 1.91 bits per heavy atom. The molecule has 0 unspecified atom stereocenters. The average molecular weight is 449 g/mol. The van der Waals surface area contributed by atoms with Gasteiger partial charge in [-0.25, -0.2) is 4.98 Å². The third kappa shape index (κ3) is 3.15. The summed E-state index contributed by atoms with van der Waals surface area (Å²) in [5, 5.41) is 9.11. The predicted octanol–water partition coefficient (Wildman–Crippen LogP) is 3.91. The molecule has 1 saturated heterocycles. The summed E-state index contributed by atoms with van der Waals surface area (Å²) >= 11 is 0. The van der Waals surface area contributed by atoms with E-state index in [0.29, 0.717) is 12.1 Å². The summed E-state index contributed by atoms with van der Waals surface area (Å²) in [6, 6.07) is 18.2. The normalized spacial score (nSPS) is 16.7. The summed E-state index contributed by atoms with van der Waals surface area (Å²) in [5.41, 5.74) is 6.98. The molecule has 4 heterocycles. The lowest BCUT2D eigenvalue weighted by molar-refractivity contribution is -0.120. The van der Waals surface area contributed by atoms with Gasteiger partial charge in [-0.15, -0.1) is 0 Å². The first-order chi connectivity index (χ1) is 16.5. The summed E-state index contributed by atoms with van der Waals surface area (Å²) in [4.78, 5) is 21.6. The largest absolute Gasteiger partial charge is 0.340 e. The van der Waals surface area contributed by atoms with E-state index in [1.165, 1.54) is 0 Å². The number of imidazole rings is 1. The smallest absolute Gasteiger partial charge is 0.244 e. The number of nitriles is 1. The highest BCUT2D eigenvalue weighted by molar-refractivity contribution is 5.99. The van der Waals surface area contributed by atoms with E-state index < -0.39 is 0 Å². The fourth-order valence-electron chi connectivity index (χ4n) is 5.10. The van der Waals surface area contributed by atoms with Crippen molar-refractivity contribution < 1.29 is 4.79 Å². The number of benzene rings is 2. The molecule has 1 amide bonds. The zero-order valence-corrected chi connectivity index (χ0v) is 19.1. The molecule has 0 bridgehead atoms. The fraction of sp³-hybridized carbons (Fsp3) is 0.222. The van der Waals surface area contributed by atoms with Crippen LogP contribution in [0.5, 0.6) is 0 Å². The van der Waals surface area contributed by atoms with Crippen LogP contribution in [0, 0.1) is 11.3 Å². The highest BCUT2D eigenvalue weighted by Gasteiger charge is 2.34. The van der Waals surface area contributed by atoms with E-state index in [4.69, 9.17) is 5.26 Å². The highest BCUT2D eigenvalue weighted by Crippen LogP contribution is 2.36. The van der Waals surface area contributed by atoms with Crippen molar-refractivity contribution in [2.45, 2.75) is 19.0 Å². The molecule has 0 N–H and O–H groups in total. The van der Waals surface area contributed by atoms with Gasteiger partial charge >= 0.3 is 0 Å². The molecule has 2 aromatic heterocycles. The minimum Gasteiger partial charge on any atom is -0.340 e. The van der Waals surface area contributed by atoms with Crippen molar-refractivity contribution in [3.63, 3.8) is 0 Å². The molecule has 2 aliphatic rings. The van der Waals surface area contributed by atoms with Crippen LogP contribution in [-0.4, -0.2) is 51.6 Å². The average Bonchev–Trinajstić information content (AvgIpc) is 3.56. The molecular formula is C27H24N6O. The number of hydrogen-bond donors (Lipinski definition) is 0. The van der Waals surface area contributed by atoms with E-state index in [2.05, 4.69) is 44.6 Å². The zero-order chi connectivity index (χ0) is 23.4. The monoisotopic (exact) mass is 448 g/mol. The van der Waals surface area contributed by atoms with Crippen LogP contribution in [0.4, 0.5) is 5.69 Å². The number of aromatic nitrogens is 3. The summed E-state index contributed by atoms with van der Waals surface area (Å²) in [5.74, 6) is 1.04. The van der Waals surface area contributed by atoms with Gasteiger partial charge in [0.2, 0.25) is 5.91 Å². The number of nitrogens with zero attached hydrogens (tertiary/aromatic N) is 6. The molecule has 0 saturated carbocycles. The second kappa shape index (κ2) is 7.72. The molecule has 2 aliphatic heterocycles. The molecule has 34 heavy (non-hydrogen) atoms. The van der Waals surface area contributed by atoms with E-state index in [9.17, 15) is 4.79 Å². The second-order valence-corrected chi connectivity index (χ2v) is 9.12. The second-order valence-electron chi connectivity index (χ2n) is 9.12. The summed E-state index contributed by atoms with van der Waals surface area (Å²) in [7, 11) is 3.92. The van der Waals surface area contributed by atoms with E-state index in [0.717, 1.165) is 52.5 Å². The molecule has 2 aromatic carbocycles. The molecule has 0 spiro atoms. The van der Waals surface area contributed by atoms with Crippen LogP contribution in [0.15, 0.2) is 67.1 Å². The first-order valence-electron chi connectivity index (χ1n) is 11.4. The zero-order valence-electron chi connectivity index (χ0n) is 19.1. The Balaban J connectivity index is 1.41. The number of fused-ring (bicyclic) bond motifs is 5. The van der Waals surface area contributed by atoms with Gasteiger partial charge in [-0.1, -0.05) is 12.1 Å². The number of anilines is 1. The maximum atomic E-state index is 13.0. The van der Waals surface area contributed by atoms with E-state index >= 15 is 0 Å². The van der Waals surface area contributed by atoms with Gasteiger partial charge in [-0.05, 0) is 68.0 Å². The number of likely N-dealkylation sites (N-methyl/N-ethyl adjacent to an activating group) is 1.